The first kappa shape index (κ1) is 19.2. The van der Waals surface area contributed by atoms with E-state index in [1.165, 1.54) is 0 Å². The molecule has 0 unspecified atom stereocenters. The van der Waals surface area contributed by atoms with E-state index in [0.29, 0.717) is 5.82 Å². The van der Waals surface area contributed by atoms with Crippen molar-refractivity contribution >= 4 is 38.6 Å². The third kappa shape index (κ3) is 4.66. The fraction of sp³-hybridized carbons (Fsp3) is 0.130. The summed E-state index contributed by atoms with van der Waals surface area (Å²) < 4.78 is 8.80. The van der Waals surface area contributed by atoms with E-state index in [2.05, 4.69) is 26.2 Å². The predicted octanol–water partition coefficient (Wildman–Crippen LogP) is 5.32. The Balaban J connectivity index is 1.56. The maximum absolute atomic E-state index is 12.7. The Kier molecular flexibility index (Phi) is 5.62. The molecule has 29 heavy (non-hydrogen) atoms. The van der Waals surface area contributed by atoms with E-state index in [1.54, 1.807) is 0 Å². The van der Waals surface area contributed by atoms with Crippen LogP contribution < -0.4 is 10.1 Å². The summed E-state index contributed by atoms with van der Waals surface area (Å²) in [4.78, 5) is 17.3. The van der Waals surface area contributed by atoms with E-state index < -0.39 is 0 Å². The van der Waals surface area contributed by atoms with Crippen molar-refractivity contribution in [2.45, 2.75) is 20.1 Å². The minimum absolute atomic E-state index is 0.118. The molecule has 0 fully saturated rings. The van der Waals surface area contributed by atoms with Gasteiger partial charge in [-0.05, 0) is 61.0 Å². The van der Waals surface area contributed by atoms with Crippen LogP contribution in [0.15, 0.2) is 77.3 Å². The number of anilines is 1. The second-order valence-corrected chi connectivity index (χ2v) is 7.68. The van der Waals surface area contributed by atoms with Gasteiger partial charge in [0.15, 0.2) is 0 Å². The minimum Gasteiger partial charge on any atom is -0.486 e. The highest BCUT2D eigenvalue weighted by molar-refractivity contribution is 9.10. The van der Waals surface area contributed by atoms with Gasteiger partial charge in [0, 0.05) is 10.2 Å². The Bertz CT molecular complexity index is 1150. The summed E-state index contributed by atoms with van der Waals surface area (Å²) in [6, 6.07) is 23.2. The van der Waals surface area contributed by atoms with E-state index >= 15 is 0 Å². The van der Waals surface area contributed by atoms with Crippen LogP contribution in [0.3, 0.4) is 0 Å². The summed E-state index contributed by atoms with van der Waals surface area (Å²) in [6.45, 7) is 2.46. The number of nitrogens with zero attached hydrogens (tertiary/aromatic N) is 2. The molecule has 4 aromatic rings. The van der Waals surface area contributed by atoms with Crippen molar-refractivity contribution in [2.24, 2.45) is 0 Å². The van der Waals surface area contributed by atoms with Gasteiger partial charge in [0.25, 0.3) is 0 Å². The molecule has 0 aliphatic carbocycles. The smallest absolute Gasteiger partial charge is 0.244 e. The van der Waals surface area contributed by atoms with E-state index in [1.807, 2.05) is 84.3 Å². The molecule has 146 valence electrons. The lowest BCUT2D eigenvalue weighted by molar-refractivity contribution is -0.116. The maximum atomic E-state index is 12.7. The number of para-hydroxylation sites is 2. The molecule has 4 rings (SSSR count). The van der Waals surface area contributed by atoms with E-state index in [-0.39, 0.29) is 19.1 Å². The zero-order valence-electron chi connectivity index (χ0n) is 15.9. The Morgan fingerprint density at radius 3 is 2.66 bits per heavy atom. The highest BCUT2D eigenvalue weighted by Crippen LogP contribution is 2.20. The van der Waals surface area contributed by atoms with Crippen LogP contribution in [-0.2, 0) is 17.9 Å². The molecule has 0 atom stereocenters. The topological polar surface area (TPSA) is 56.2 Å². The second-order valence-electron chi connectivity index (χ2n) is 6.76. The SMILES string of the molecule is Cc1cccc(OCc2nc3ccccc3n2CC(=O)Nc2ccc(Br)cc2)c1. The zero-order valence-corrected chi connectivity index (χ0v) is 17.5. The van der Waals surface area contributed by atoms with Crippen LogP contribution in [0.1, 0.15) is 11.4 Å². The van der Waals surface area contributed by atoms with Crippen LogP contribution >= 0.6 is 15.9 Å². The van der Waals surface area contributed by atoms with Crippen LogP contribution in [0.4, 0.5) is 5.69 Å². The second kappa shape index (κ2) is 8.49. The van der Waals surface area contributed by atoms with Crippen molar-refractivity contribution < 1.29 is 9.53 Å². The molecule has 1 heterocycles. The number of hydrogen-bond donors (Lipinski definition) is 1. The molecular weight excluding hydrogens is 430 g/mol. The molecule has 0 aliphatic heterocycles. The van der Waals surface area contributed by atoms with E-state index in [4.69, 9.17) is 4.74 Å². The molecule has 1 N–H and O–H groups in total. The molecule has 6 heteroatoms. The lowest BCUT2D eigenvalue weighted by atomic mass is 10.2. The standard InChI is InChI=1S/C23H20BrN3O2/c1-16-5-4-6-19(13-16)29-15-22-26-20-7-2-3-8-21(20)27(22)14-23(28)25-18-11-9-17(24)10-12-18/h2-13H,14-15H2,1H3,(H,25,28). The first-order valence-corrected chi connectivity index (χ1v) is 10.1. The Morgan fingerprint density at radius 1 is 1.07 bits per heavy atom. The summed E-state index contributed by atoms with van der Waals surface area (Å²) in [5.74, 6) is 1.37. The van der Waals surface area contributed by atoms with Gasteiger partial charge in [-0.2, -0.15) is 0 Å². The van der Waals surface area contributed by atoms with E-state index in [0.717, 1.165) is 32.5 Å². The fourth-order valence-corrected chi connectivity index (χ4v) is 3.41. The average molecular weight is 450 g/mol. The largest absolute Gasteiger partial charge is 0.486 e. The summed E-state index contributed by atoms with van der Waals surface area (Å²) >= 11 is 3.40. The number of ether oxygens (including phenoxy) is 1. The average Bonchev–Trinajstić information content (AvgIpc) is 3.06. The monoisotopic (exact) mass is 449 g/mol. The quantitative estimate of drug-likeness (QED) is 0.432. The summed E-state index contributed by atoms with van der Waals surface area (Å²) in [5.41, 5.74) is 3.62. The van der Waals surface area contributed by atoms with Gasteiger partial charge in [-0.3, -0.25) is 4.79 Å². The zero-order chi connectivity index (χ0) is 20.2. The van der Waals surface area contributed by atoms with Crippen LogP contribution in [0, 0.1) is 6.92 Å². The number of imidazole rings is 1. The predicted molar refractivity (Wildman–Crippen MR) is 118 cm³/mol. The van der Waals surface area contributed by atoms with Crippen molar-refractivity contribution in [1.29, 1.82) is 0 Å². The molecule has 0 aliphatic rings. The number of halogens is 1. The summed E-state index contributed by atoms with van der Waals surface area (Å²) in [7, 11) is 0. The minimum atomic E-state index is -0.118. The number of aromatic nitrogens is 2. The van der Waals surface area contributed by atoms with Crippen LogP contribution in [0.25, 0.3) is 11.0 Å². The lowest BCUT2D eigenvalue weighted by Gasteiger charge is -2.11. The number of carbonyl (C=O) groups is 1. The molecule has 0 saturated carbocycles. The lowest BCUT2D eigenvalue weighted by Crippen LogP contribution is -2.20. The van der Waals surface area contributed by atoms with Crippen LogP contribution in [-0.4, -0.2) is 15.5 Å². The van der Waals surface area contributed by atoms with Gasteiger partial charge in [-0.25, -0.2) is 4.98 Å². The van der Waals surface area contributed by atoms with Crippen molar-refractivity contribution in [3.05, 3.63) is 88.7 Å². The first-order chi connectivity index (χ1) is 14.1. The number of carbonyl (C=O) groups excluding carboxylic acids is 1. The molecule has 1 aromatic heterocycles. The van der Waals surface area contributed by atoms with Crippen LogP contribution in [0.2, 0.25) is 0 Å². The van der Waals surface area contributed by atoms with Gasteiger partial charge in [-0.1, -0.05) is 40.2 Å². The Hall–Kier alpha value is -3.12. The molecular formula is C23H20BrN3O2. The fourth-order valence-electron chi connectivity index (χ4n) is 3.14. The number of benzene rings is 3. The number of amides is 1. The van der Waals surface area contributed by atoms with Crippen molar-refractivity contribution in [3.8, 4) is 5.75 Å². The number of fused-ring (bicyclic) bond motifs is 1. The van der Waals surface area contributed by atoms with Crippen molar-refractivity contribution in [1.82, 2.24) is 9.55 Å². The van der Waals surface area contributed by atoms with Gasteiger partial charge in [-0.15, -0.1) is 0 Å². The number of nitrogens with one attached hydrogen (secondary N) is 1. The molecule has 0 bridgehead atoms. The molecule has 3 aromatic carbocycles. The molecule has 1 amide bonds. The molecule has 0 spiro atoms. The highest BCUT2D eigenvalue weighted by atomic mass is 79.9. The van der Waals surface area contributed by atoms with E-state index in [9.17, 15) is 4.79 Å². The Morgan fingerprint density at radius 2 is 1.86 bits per heavy atom. The van der Waals surface area contributed by atoms with Gasteiger partial charge in [0.2, 0.25) is 5.91 Å². The number of hydrogen-bond acceptors (Lipinski definition) is 3. The molecule has 5 nitrogen and oxygen atoms in total. The van der Waals surface area contributed by atoms with Gasteiger partial charge < -0.3 is 14.6 Å². The summed E-state index contributed by atoms with van der Waals surface area (Å²) in [6.07, 6.45) is 0. The third-order valence-corrected chi connectivity index (χ3v) is 5.05. The molecule has 0 saturated heterocycles. The number of rotatable bonds is 6. The maximum Gasteiger partial charge on any atom is 0.244 e. The Labute approximate surface area is 177 Å². The summed E-state index contributed by atoms with van der Waals surface area (Å²) in [5, 5.41) is 2.93. The molecule has 0 radical (unpaired) electrons. The van der Waals surface area contributed by atoms with Gasteiger partial charge in [0.05, 0.1) is 11.0 Å². The third-order valence-electron chi connectivity index (χ3n) is 4.52. The first-order valence-electron chi connectivity index (χ1n) is 9.27. The van der Waals surface area contributed by atoms with Gasteiger partial charge >= 0.3 is 0 Å². The van der Waals surface area contributed by atoms with Gasteiger partial charge in [0.1, 0.15) is 24.7 Å². The van der Waals surface area contributed by atoms with Crippen LogP contribution in [0.5, 0.6) is 5.75 Å². The number of aryl methyl sites for hydroxylation is 1. The highest BCUT2D eigenvalue weighted by Gasteiger charge is 2.14. The normalized spacial score (nSPS) is 10.8. The van der Waals surface area contributed by atoms with Crippen molar-refractivity contribution in [3.63, 3.8) is 0 Å². The van der Waals surface area contributed by atoms with Crippen molar-refractivity contribution in [2.75, 3.05) is 5.32 Å².